The molecule has 1 aliphatic heterocycles. The number of aryl methyl sites for hydroxylation is 1. The number of hydrogen-bond donors (Lipinski definition) is 2. The summed E-state index contributed by atoms with van der Waals surface area (Å²) in [5.41, 5.74) is 1.20. The molecule has 1 amide bonds. The maximum Gasteiger partial charge on any atom is 0.251 e. The largest absolute Gasteiger partial charge is 0.352 e. The summed E-state index contributed by atoms with van der Waals surface area (Å²) in [4.78, 5) is 12.2. The Bertz CT molecular complexity index is 592. The molecule has 5 nitrogen and oxygen atoms in total. The van der Waals surface area contributed by atoms with Crippen LogP contribution in [-0.4, -0.2) is 40.2 Å². The number of hydrogen-bond acceptors (Lipinski definition) is 4. The number of carbonyl (C=O) groups is 1. The van der Waals surface area contributed by atoms with Crippen LogP contribution in [0.2, 0.25) is 0 Å². The summed E-state index contributed by atoms with van der Waals surface area (Å²) < 4.78 is 23.0. The smallest absolute Gasteiger partial charge is 0.251 e. The van der Waals surface area contributed by atoms with Gasteiger partial charge in [-0.25, -0.2) is 8.42 Å². The molecule has 0 radical (unpaired) electrons. The summed E-state index contributed by atoms with van der Waals surface area (Å²) in [6.45, 7) is 4.26. The first-order chi connectivity index (χ1) is 8.88. The zero-order chi connectivity index (χ0) is 14.0. The molecule has 0 saturated carbocycles. The van der Waals surface area contributed by atoms with Gasteiger partial charge in [-0.3, -0.25) is 4.79 Å². The van der Waals surface area contributed by atoms with Crippen molar-refractivity contribution in [1.82, 2.24) is 10.6 Å². The Morgan fingerprint density at radius 3 is 2.63 bits per heavy atom. The van der Waals surface area contributed by atoms with Crippen molar-refractivity contribution in [1.29, 1.82) is 0 Å². The van der Waals surface area contributed by atoms with Crippen LogP contribution in [0.4, 0.5) is 0 Å². The summed E-state index contributed by atoms with van der Waals surface area (Å²) in [5.74, 6) is 0.261. The molecule has 0 spiro atoms. The molecular formula is C13H18N2O3S. The molecular weight excluding hydrogens is 264 g/mol. The van der Waals surface area contributed by atoms with E-state index in [4.69, 9.17) is 0 Å². The molecule has 1 aromatic carbocycles. The molecule has 6 heteroatoms. The van der Waals surface area contributed by atoms with E-state index < -0.39 is 9.84 Å². The van der Waals surface area contributed by atoms with E-state index in [-0.39, 0.29) is 10.8 Å². The van der Waals surface area contributed by atoms with Gasteiger partial charge in [0.15, 0.2) is 9.84 Å². The summed E-state index contributed by atoms with van der Waals surface area (Å²) in [6, 6.07) is 4.63. The highest BCUT2D eigenvalue weighted by Crippen LogP contribution is 2.15. The number of carbonyl (C=O) groups excluding carboxylic acids is 1. The Hall–Kier alpha value is -1.40. The molecule has 19 heavy (non-hydrogen) atoms. The van der Waals surface area contributed by atoms with Crippen LogP contribution in [0.3, 0.4) is 0 Å². The predicted octanol–water partition coefficient (Wildman–Crippen LogP) is 0.348. The number of rotatable bonds is 4. The molecule has 1 saturated heterocycles. The van der Waals surface area contributed by atoms with Crippen LogP contribution in [0.25, 0.3) is 0 Å². The quantitative estimate of drug-likeness (QED) is 0.835. The fraction of sp³-hybridized carbons (Fsp3) is 0.462. The van der Waals surface area contributed by atoms with Crippen molar-refractivity contribution in [3.05, 3.63) is 29.3 Å². The van der Waals surface area contributed by atoms with Crippen LogP contribution in [0, 0.1) is 12.8 Å². The van der Waals surface area contributed by atoms with Gasteiger partial charge in [0.05, 0.1) is 4.90 Å². The van der Waals surface area contributed by atoms with E-state index in [9.17, 15) is 13.2 Å². The van der Waals surface area contributed by atoms with Crippen molar-refractivity contribution in [3.8, 4) is 0 Å². The van der Waals surface area contributed by atoms with Gasteiger partial charge in [0.25, 0.3) is 5.91 Å². The van der Waals surface area contributed by atoms with Crippen molar-refractivity contribution >= 4 is 15.7 Å². The zero-order valence-electron chi connectivity index (χ0n) is 11.1. The molecule has 1 aromatic rings. The van der Waals surface area contributed by atoms with Gasteiger partial charge >= 0.3 is 0 Å². The van der Waals surface area contributed by atoms with Gasteiger partial charge in [0.1, 0.15) is 0 Å². The summed E-state index contributed by atoms with van der Waals surface area (Å²) >= 11 is 0. The molecule has 0 atom stereocenters. The van der Waals surface area contributed by atoms with Gasteiger partial charge in [-0.1, -0.05) is 6.07 Å². The Morgan fingerprint density at radius 2 is 2.11 bits per heavy atom. The first kappa shape index (κ1) is 14.0. The van der Waals surface area contributed by atoms with E-state index in [0.29, 0.717) is 18.0 Å². The van der Waals surface area contributed by atoms with Crippen LogP contribution in [-0.2, 0) is 9.84 Å². The molecule has 1 aliphatic rings. The molecule has 0 aliphatic carbocycles. The van der Waals surface area contributed by atoms with E-state index in [1.54, 1.807) is 13.0 Å². The highest BCUT2D eigenvalue weighted by Gasteiger charge is 2.19. The first-order valence-electron chi connectivity index (χ1n) is 6.17. The third kappa shape index (κ3) is 3.33. The van der Waals surface area contributed by atoms with Crippen LogP contribution in [0.15, 0.2) is 23.1 Å². The van der Waals surface area contributed by atoms with Crippen LogP contribution < -0.4 is 10.6 Å². The second kappa shape index (κ2) is 5.30. The van der Waals surface area contributed by atoms with E-state index >= 15 is 0 Å². The average Bonchev–Trinajstić information content (AvgIpc) is 2.25. The Kier molecular flexibility index (Phi) is 3.91. The maximum atomic E-state index is 12.1. The second-order valence-electron chi connectivity index (χ2n) is 4.98. The van der Waals surface area contributed by atoms with Gasteiger partial charge in [0.2, 0.25) is 0 Å². The highest BCUT2D eigenvalue weighted by atomic mass is 32.2. The van der Waals surface area contributed by atoms with Gasteiger partial charge in [0, 0.05) is 37.4 Å². The summed E-state index contributed by atoms with van der Waals surface area (Å²) in [5, 5.41) is 5.98. The van der Waals surface area contributed by atoms with Crippen molar-refractivity contribution in [3.63, 3.8) is 0 Å². The summed E-state index contributed by atoms with van der Waals surface area (Å²) in [6.07, 6.45) is 1.14. The van der Waals surface area contributed by atoms with Crippen LogP contribution >= 0.6 is 0 Å². The summed E-state index contributed by atoms with van der Waals surface area (Å²) in [7, 11) is -3.29. The van der Waals surface area contributed by atoms with E-state index in [0.717, 1.165) is 24.9 Å². The topological polar surface area (TPSA) is 75.3 Å². The number of nitrogens with one attached hydrogen (secondary N) is 2. The lowest BCUT2D eigenvalue weighted by molar-refractivity contribution is 0.0941. The monoisotopic (exact) mass is 282 g/mol. The molecule has 0 unspecified atom stereocenters. The Balaban J connectivity index is 2.15. The minimum atomic E-state index is -3.29. The fourth-order valence-corrected chi connectivity index (χ4v) is 2.55. The Labute approximate surface area is 113 Å². The standard InChI is InChI=1S/C13H18N2O3S/c1-9-3-4-11(19(2,17)18)5-12(9)13(16)15-8-10-6-14-7-10/h3-5,10,14H,6-8H2,1-2H3,(H,15,16). The van der Waals surface area contributed by atoms with Crippen molar-refractivity contribution in [2.45, 2.75) is 11.8 Å². The van der Waals surface area contributed by atoms with E-state index in [2.05, 4.69) is 10.6 Å². The lowest BCUT2D eigenvalue weighted by atomic mass is 10.0. The van der Waals surface area contributed by atoms with Crippen LogP contribution in [0.5, 0.6) is 0 Å². The molecule has 1 heterocycles. The molecule has 2 rings (SSSR count). The van der Waals surface area contributed by atoms with Gasteiger partial charge in [-0.2, -0.15) is 0 Å². The van der Waals surface area contributed by atoms with E-state index in [1.165, 1.54) is 12.1 Å². The molecule has 0 bridgehead atoms. The molecule has 0 aromatic heterocycles. The van der Waals surface area contributed by atoms with Gasteiger partial charge < -0.3 is 10.6 Å². The normalized spacial score (nSPS) is 15.9. The molecule has 2 N–H and O–H groups in total. The number of sulfone groups is 1. The van der Waals surface area contributed by atoms with Gasteiger partial charge in [-0.05, 0) is 24.6 Å². The van der Waals surface area contributed by atoms with Crippen molar-refractivity contribution in [2.24, 2.45) is 5.92 Å². The second-order valence-corrected chi connectivity index (χ2v) is 7.00. The molecule has 104 valence electrons. The minimum Gasteiger partial charge on any atom is -0.352 e. The predicted molar refractivity (Wildman–Crippen MR) is 73.0 cm³/mol. The lowest BCUT2D eigenvalue weighted by Crippen LogP contribution is -2.48. The molecule has 1 fully saturated rings. The van der Waals surface area contributed by atoms with E-state index in [1.807, 2.05) is 0 Å². The third-order valence-electron chi connectivity index (χ3n) is 3.30. The highest BCUT2D eigenvalue weighted by molar-refractivity contribution is 7.90. The average molecular weight is 282 g/mol. The fourth-order valence-electron chi connectivity index (χ4n) is 1.90. The van der Waals surface area contributed by atoms with Gasteiger partial charge in [-0.15, -0.1) is 0 Å². The van der Waals surface area contributed by atoms with Crippen molar-refractivity contribution < 1.29 is 13.2 Å². The minimum absolute atomic E-state index is 0.175. The van der Waals surface area contributed by atoms with Crippen molar-refractivity contribution in [2.75, 3.05) is 25.9 Å². The lowest BCUT2D eigenvalue weighted by Gasteiger charge is -2.27. The van der Waals surface area contributed by atoms with Crippen LogP contribution in [0.1, 0.15) is 15.9 Å². The SMILES string of the molecule is Cc1ccc(S(C)(=O)=O)cc1C(=O)NCC1CNC1. The number of amides is 1. The number of benzene rings is 1. The third-order valence-corrected chi connectivity index (χ3v) is 4.41. The Morgan fingerprint density at radius 1 is 1.42 bits per heavy atom. The zero-order valence-corrected chi connectivity index (χ0v) is 11.9. The maximum absolute atomic E-state index is 12.1. The first-order valence-corrected chi connectivity index (χ1v) is 8.06.